The maximum atomic E-state index is 12.0. The van der Waals surface area contributed by atoms with E-state index in [4.69, 9.17) is 23.2 Å². The molecule has 2 rings (SSSR count). The van der Waals surface area contributed by atoms with Gasteiger partial charge in [-0.2, -0.15) is 0 Å². The van der Waals surface area contributed by atoms with Gasteiger partial charge in [0.2, 0.25) is 5.91 Å². The Morgan fingerprint density at radius 3 is 2.60 bits per heavy atom. The lowest BCUT2D eigenvalue weighted by Gasteiger charge is -2.09. The number of benzene rings is 2. The Morgan fingerprint density at radius 1 is 1.20 bits per heavy atom. The van der Waals surface area contributed by atoms with Crippen molar-refractivity contribution in [1.29, 1.82) is 0 Å². The lowest BCUT2D eigenvalue weighted by Crippen LogP contribution is -2.15. The number of anilines is 1. The first-order valence-corrected chi connectivity index (χ1v) is 7.50. The van der Waals surface area contributed by atoms with Gasteiger partial charge in [-0.05, 0) is 58.2 Å². The van der Waals surface area contributed by atoms with Crippen molar-refractivity contribution >= 4 is 50.7 Å². The molecule has 0 aliphatic rings. The van der Waals surface area contributed by atoms with E-state index in [1.807, 2.05) is 25.1 Å². The number of aryl methyl sites for hydroxylation is 1. The second-order valence-electron chi connectivity index (χ2n) is 4.44. The first kappa shape index (κ1) is 15.4. The summed E-state index contributed by atoms with van der Waals surface area (Å²) in [6, 6.07) is 10.9. The van der Waals surface area contributed by atoms with Gasteiger partial charge in [0.05, 0.1) is 12.1 Å². The fraction of sp³-hybridized carbons (Fsp3) is 0.133. The van der Waals surface area contributed by atoms with Crippen molar-refractivity contribution < 1.29 is 4.79 Å². The van der Waals surface area contributed by atoms with Gasteiger partial charge in [-0.1, -0.05) is 35.3 Å². The van der Waals surface area contributed by atoms with Gasteiger partial charge in [-0.15, -0.1) is 0 Å². The standard InChI is InChI=1S/C15H12BrCl2NO/c1-9-2-5-14(12(16)6-9)19-15(20)7-10-3-4-11(17)8-13(10)18/h2-6,8H,7H2,1H3,(H,19,20). The zero-order chi connectivity index (χ0) is 14.7. The molecule has 0 aliphatic carbocycles. The molecule has 0 heterocycles. The molecule has 0 unspecified atom stereocenters. The van der Waals surface area contributed by atoms with Gasteiger partial charge >= 0.3 is 0 Å². The van der Waals surface area contributed by atoms with Crippen LogP contribution in [0.5, 0.6) is 0 Å². The molecule has 5 heteroatoms. The van der Waals surface area contributed by atoms with Crippen molar-refractivity contribution in [3.05, 3.63) is 62.0 Å². The zero-order valence-electron chi connectivity index (χ0n) is 10.7. The number of amides is 1. The maximum absolute atomic E-state index is 12.0. The molecular formula is C15H12BrCl2NO. The van der Waals surface area contributed by atoms with Crippen molar-refractivity contribution in [2.75, 3.05) is 5.32 Å². The number of carbonyl (C=O) groups is 1. The molecule has 1 amide bonds. The van der Waals surface area contributed by atoms with Gasteiger partial charge in [-0.3, -0.25) is 4.79 Å². The number of carbonyl (C=O) groups excluding carboxylic acids is 1. The summed E-state index contributed by atoms with van der Waals surface area (Å²) in [6.07, 6.45) is 0.205. The molecule has 2 nitrogen and oxygen atoms in total. The van der Waals surface area contributed by atoms with Gasteiger partial charge in [0.25, 0.3) is 0 Å². The minimum absolute atomic E-state index is 0.126. The van der Waals surface area contributed by atoms with Gasteiger partial charge < -0.3 is 5.32 Å². The van der Waals surface area contributed by atoms with Crippen molar-refractivity contribution in [3.8, 4) is 0 Å². The van der Waals surface area contributed by atoms with Crippen LogP contribution in [-0.4, -0.2) is 5.91 Å². The highest BCUT2D eigenvalue weighted by Crippen LogP contribution is 2.25. The fourth-order valence-corrected chi connectivity index (χ4v) is 2.82. The summed E-state index contributed by atoms with van der Waals surface area (Å²) in [5.74, 6) is -0.126. The Balaban J connectivity index is 2.09. The Kier molecular flexibility index (Phi) is 5.08. The van der Waals surface area contributed by atoms with Crippen LogP contribution >= 0.6 is 39.1 Å². The van der Waals surface area contributed by atoms with Gasteiger partial charge in [0.15, 0.2) is 0 Å². The van der Waals surface area contributed by atoms with E-state index in [9.17, 15) is 4.79 Å². The van der Waals surface area contributed by atoms with Crippen LogP contribution in [0.2, 0.25) is 10.0 Å². The Hall–Kier alpha value is -1.03. The van der Waals surface area contributed by atoms with Crippen molar-refractivity contribution in [3.63, 3.8) is 0 Å². The van der Waals surface area contributed by atoms with E-state index in [1.54, 1.807) is 18.2 Å². The van der Waals surface area contributed by atoms with Crippen LogP contribution in [0.4, 0.5) is 5.69 Å². The van der Waals surface area contributed by atoms with Crippen LogP contribution in [0.3, 0.4) is 0 Å². The van der Waals surface area contributed by atoms with E-state index < -0.39 is 0 Å². The summed E-state index contributed by atoms with van der Waals surface area (Å²) in [6.45, 7) is 1.99. The summed E-state index contributed by atoms with van der Waals surface area (Å²) in [5.41, 5.74) is 2.61. The molecule has 104 valence electrons. The molecule has 2 aromatic rings. The molecule has 0 saturated carbocycles. The van der Waals surface area contributed by atoms with Gasteiger partial charge in [-0.25, -0.2) is 0 Å². The molecule has 0 bridgehead atoms. The molecule has 2 aromatic carbocycles. The molecule has 1 N–H and O–H groups in total. The van der Waals surface area contributed by atoms with E-state index in [1.165, 1.54) is 0 Å². The highest BCUT2D eigenvalue weighted by Gasteiger charge is 2.09. The van der Waals surface area contributed by atoms with E-state index in [2.05, 4.69) is 21.2 Å². The Labute approximate surface area is 136 Å². The van der Waals surface area contributed by atoms with Crippen molar-refractivity contribution in [2.24, 2.45) is 0 Å². The normalized spacial score (nSPS) is 10.4. The predicted octanol–water partition coefficient (Wildman–Crippen LogP) is 5.25. The van der Waals surface area contributed by atoms with Crippen LogP contribution in [0.1, 0.15) is 11.1 Å². The van der Waals surface area contributed by atoms with Crippen molar-refractivity contribution in [1.82, 2.24) is 0 Å². The van der Waals surface area contributed by atoms with Crippen molar-refractivity contribution in [2.45, 2.75) is 13.3 Å². The van der Waals surface area contributed by atoms with Crippen LogP contribution in [0.25, 0.3) is 0 Å². The molecule has 0 atom stereocenters. The van der Waals surface area contributed by atoms with E-state index in [-0.39, 0.29) is 12.3 Å². The first-order valence-electron chi connectivity index (χ1n) is 5.95. The monoisotopic (exact) mass is 371 g/mol. The molecule has 0 radical (unpaired) electrons. The fourth-order valence-electron chi connectivity index (χ4n) is 1.75. The molecule has 0 saturated heterocycles. The number of hydrogen-bond donors (Lipinski definition) is 1. The number of rotatable bonds is 3. The molecule has 0 aromatic heterocycles. The average Bonchev–Trinajstić information content (AvgIpc) is 2.36. The summed E-state index contributed by atoms with van der Waals surface area (Å²) >= 11 is 15.3. The number of nitrogens with one attached hydrogen (secondary N) is 1. The molecule has 20 heavy (non-hydrogen) atoms. The number of halogens is 3. The average molecular weight is 373 g/mol. The summed E-state index contributed by atoms with van der Waals surface area (Å²) in [4.78, 5) is 12.0. The van der Waals surface area contributed by atoms with E-state index >= 15 is 0 Å². The lowest BCUT2D eigenvalue weighted by atomic mass is 10.1. The lowest BCUT2D eigenvalue weighted by molar-refractivity contribution is -0.115. The molecular weight excluding hydrogens is 361 g/mol. The quantitative estimate of drug-likeness (QED) is 0.783. The smallest absolute Gasteiger partial charge is 0.228 e. The largest absolute Gasteiger partial charge is 0.325 e. The Morgan fingerprint density at radius 2 is 1.95 bits per heavy atom. The van der Waals surface area contributed by atoms with Crippen LogP contribution < -0.4 is 5.32 Å². The van der Waals surface area contributed by atoms with Gasteiger partial charge in [0, 0.05) is 14.5 Å². The van der Waals surface area contributed by atoms with E-state index in [0.29, 0.717) is 10.0 Å². The third-order valence-electron chi connectivity index (χ3n) is 2.76. The first-order chi connectivity index (χ1) is 9.45. The summed E-state index contributed by atoms with van der Waals surface area (Å²) < 4.78 is 0.855. The van der Waals surface area contributed by atoms with Gasteiger partial charge in [0.1, 0.15) is 0 Å². The molecule has 0 spiro atoms. The van der Waals surface area contributed by atoms with Crippen LogP contribution in [0.15, 0.2) is 40.9 Å². The van der Waals surface area contributed by atoms with E-state index in [0.717, 1.165) is 21.3 Å². The minimum Gasteiger partial charge on any atom is -0.325 e. The summed E-state index contributed by atoms with van der Waals surface area (Å²) in [5, 5.41) is 3.90. The zero-order valence-corrected chi connectivity index (χ0v) is 13.8. The minimum atomic E-state index is -0.126. The van der Waals surface area contributed by atoms with Crippen LogP contribution in [-0.2, 0) is 11.2 Å². The molecule has 0 aliphatic heterocycles. The third-order valence-corrected chi connectivity index (χ3v) is 4.01. The Bertz CT molecular complexity index is 603. The topological polar surface area (TPSA) is 29.1 Å². The number of hydrogen-bond acceptors (Lipinski definition) is 1. The summed E-state index contributed by atoms with van der Waals surface area (Å²) in [7, 11) is 0. The highest BCUT2D eigenvalue weighted by atomic mass is 79.9. The maximum Gasteiger partial charge on any atom is 0.228 e. The predicted molar refractivity (Wildman–Crippen MR) is 87.7 cm³/mol. The SMILES string of the molecule is Cc1ccc(NC(=O)Cc2ccc(Cl)cc2Cl)c(Br)c1. The second-order valence-corrected chi connectivity index (χ2v) is 6.14. The third kappa shape index (κ3) is 3.98. The second kappa shape index (κ2) is 6.61. The molecule has 0 fully saturated rings. The van der Waals surface area contributed by atoms with Crippen LogP contribution in [0, 0.1) is 6.92 Å². The highest BCUT2D eigenvalue weighted by molar-refractivity contribution is 9.10.